The molecule has 88 valence electrons. The monoisotopic (exact) mass is 251 g/mol. The maximum atomic E-state index is 11.7. The second-order valence-electron chi connectivity index (χ2n) is 4.03. The molecule has 1 aliphatic heterocycles. The van der Waals surface area contributed by atoms with Crippen LogP contribution < -0.4 is 10.6 Å². The lowest BCUT2D eigenvalue weighted by atomic mass is 10.3. The standard InChI is InChI=1S/C10H10ClN5O/c11-6-1-2-8-13-10(14-16(8)4-6)15-5-7(12)3-9(15)17/h1-2,4,7H,3,5,12H2. The van der Waals surface area contributed by atoms with Crippen LogP contribution in [0.25, 0.3) is 5.65 Å². The zero-order valence-electron chi connectivity index (χ0n) is 8.88. The number of hydrogen-bond acceptors (Lipinski definition) is 4. The Morgan fingerprint density at radius 3 is 3.00 bits per heavy atom. The van der Waals surface area contributed by atoms with Crippen LogP contribution in [0.3, 0.4) is 0 Å². The van der Waals surface area contributed by atoms with E-state index in [0.29, 0.717) is 29.6 Å². The number of carbonyl (C=O) groups excluding carboxylic acids is 1. The average molecular weight is 252 g/mol. The van der Waals surface area contributed by atoms with Gasteiger partial charge in [0.25, 0.3) is 5.95 Å². The summed E-state index contributed by atoms with van der Waals surface area (Å²) in [5.41, 5.74) is 6.38. The van der Waals surface area contributed by atoms with Crippen LogP contribution in [-0.2, 0) is 4.79 Å². The van der Waals surface area contributed by atoms with Crippen molar-refractivity contribution in [1.29, 1.82) is 0 Å². The van der Waals surface area contributed by atoms with Crippen LogP contribution in [-0.4, -0.2) is 33.1 Å². The fraction of sp³-hybridized carbons (Fsp3) is 0.300. The third-order valence-corrected chi connectivity index (χ3v) is 2.90. The molecule has 0 bridgehead atoms. The van der Waals surface area contributed by atoms with Gasteiger partial charge in [0.05, 0.1) is 5.02 Å². The van der Waals surface area contributed by atoms with Gasteiger partial charge in [-0.3, -0.25) is 9.69 Å². The van der Waals surface area contributed by atoms with Gasteiger partial charge >= 0.3 is 0 Å². The highest BCUT2D eigenvalue weighted by molar-refractivity contribution is 6.30. The molecule has 2 N–H and O–H groups in total. The number of fused-ring (bicyclic) bond motifs is 1. The first kappa shape index (κ1) is 10.5. The van der Waals surface area contributed by atoms with Crippen molar-refractivity contribution >= 4 is 29.1 Å². The minimum absolute atomic E-state index is 0.0421. The quantitative estimate of drug-likeness (QED) is 0.798. The van der Waals surface area contributed by atoms with E-state index in [1.54, 1.807) is 22.8 Å². The van der Waals surface area contributed by atoms with Gasteiger partial charge in [-0.15, -0.1) is 5.10 Å². The van der Waals surface area contributed by atoms with Crippen molar-refractivity contribution in [2.75, 3.05) is 11.4 Å². The van der Waals surface area contributed by atoms with Crippen molar-refractivity contribution in [3.63, 3.8) is 0 Å². The van der Waals surface area contributed by atoms with E-state index in [1.165, 1.54) is 4.90 Å². The minimum atomic E-state index is -0.141. The first-order valence-electron chi connectivity index (χ1n) is 5.21. The highest BCUT2D eigenvalue weighted by Crippen LogP contribution is 2.18. The molecule has 1 amide bonds. The molecule has 3 heterocycles. The van der Waals surface area contributed by atoms with E-state index in [0.717, 1.165) is 0 Å². The number of carbonyl (C=O) groups is 1. The third kappa shape index (κ3) is 1.75. The SMILES string of the molecule is NC1CC(=O)N(c2nc3ccc(Cl)cn3n2)C1. The Labute approximate surface area is 102 Å². The summed E-state index contributed by atoms with van der Waals surface area (Å²) < 4.78 is 1.55. The molecule has 1 fully saturated rings. The molecule has 0 radical (unpaired) electrons. The van der Waals surface area contributed by atoms with Crippen LogP contribution in [0.4, 0.5) is 5.95 Å². The number of pyridine rings is 1. The van der Waals surface area contributed by atoms with Crippen LogP contribution in [0.2, 0.25) is 5.02 Å². The molecule has 1 aliphatic rings. The Morgan fingerprint density at radius 2 is 2.29 bits per heavy atom. The van der Waals surface area contributed by atoms with Crippen LogP contribution in [0.15, 0.2) is 18.3 Å². The van der Waals surface area contributed by atoms with Gasteiger partial charge < -0.3 is 5.73 Å². The number of aromatic nitrogens is 3. The Bertz CT molecular complexity index is 595. The summed E-state index contributed by atoms with van der Waals surface area (Å²) in [7, 11) is 0. The molecule has 3 rings (SSSR count). The topological polar surface area (TPSA) is 76.5 Å². The van der Waals surface area contributed by atoms with E-state index in [2.05, 4.69) is 10.1 Å². The van der Waals surface area contributed by atoms with Crippen molar-refractivity contribution < 1.29 is 4.79 Å². The van der Waals surface area contributed by atoms with E-state index < -0.39 is 0 Å². The number of anilines is 1. The first-order valence-corrected chi connectivity index (χ1v) is 5.59. The number of nitrogens with two attached hydrogens (primary N) is 1. The maximum absolute atomic E-state index is 11.7. The van der Waals surface area contributed by atoms with Crippen LogP contribution >= 0.6 is 11.6 Å². The van der Waals surface area contributed by atoms with Crippen molar-refractivity contribution in [2.45, 2.75) is 12.5 Å². The third-order valence-electron chi connectivity index (χ3n) is 2.68. The zero-order chi connectivity index (χ0) is 12.0. The predicted octanol–water partition coefficient (Wildman–Crippen LogP) is 0.447. The predicted molar refractivity (Wildman–Crippen MR) is 62.9 cm³/mol. The zero-order valence-corrected chi connectivity index (χ0v) is 9.63. The summed E-state index contributed by atoms with van der Waals surface area (Å²) in [4.78, 5) is 17.4. The molecule has 17 heavy (non-hydrogen) atoms. The summed E-state index contributed by atoms with van der Waals surface area (Å²) in [6, 6.07) is 3.34. The average Bonchev–Trinajstić information content (AvgIpc) is 2.80. The van der Waals surface area contributed by atoms with E-state index in [9.17, 15) is 4.79 Å². The fourth-order valence-electron chi connectivity index (χ4n) is 1.89. The lowest BCUT2D eigenvalue weighted by molar-refractivity contribution is -0.117. The van der Waals surface area contributed by atoms with Gasteiger partial charge in [-0.25, -0.2) is 4.52 Å². The van der Waals surface area contributed by atoms with Crippen molar-refractivity contribution in [3.8, 4) is 0 Å². The van der Waals surface area contributed by atoms with Crippen LogP contribution in [0.1, 0.15) is 6.42 Å². The first-order chi connectivity index (χ1) is 8.13. The van der Waals surface area contributed by atoms with Crippen LogP contribution in [0.5, 0.6) is 0 Å². The number of nitrogens with zero attached hydrogens (tertiary/aromatic N) is 4. The van der Waals surface area contributed by atoms with Crippen LogP contribution in [0, 0.1) is 0 Å². The minimum Gasteiger partial charge on any atom is -0.326 e. The second kappa shape index (κ2) is 3.68. The van der Waals surface area contributed by atoms with E-state index >= 15 is 0 Å². The molecule has 0 saturated carbocycles. The second-order valence-corrected chi connectivity index (χ2v) is 4.47. The molecule has 1 saturated heterocycles. The molecule has 2 aromatic rings. The maximum Gasteiger partial charge on any atom is 0.252 e. The normalized spacial score (nSPS) is 20.5. The van der Waals surface area contributed by atoms with Gasteiger partial charge in [-0.05, 0) is 12.1 Å². The number of rotatable bonds is 1. The molecule has 2 aromatic heterocycles. The van der Waals surface area contributed by atoms with Gasteiger partial charge in [0.15, 0.2) is 5.65 Å². The Morgan fingerprint density at radius 1 is 1.47 bits per heavy atom. The summed E-state index contributed by atoms with van der Waals surface area (Å²) in [5, 5.41) is 4.78. The number of hydrogen-bond donors (Lipinski definition) is 1. The Balaban J connectivity index is 2.03. The molecule has 0 spiro atoms. The highest BCUT2D eigenvalue weighted by atomic mass is 35.5. The van der Waals surface area contributed by atoms with Gasteiger partial charge in [0.1, 0.15) is 0 Å². The summed E-state index contributed by atoms with van der Waals surface area (Å²) in [5.74, 6) is 0.338. The largest absolute Gasteiger partial charge is 0.326 e. The smallest absolute Gasteiger partial charge is 0.252 e. The highest BCUT2D eigenvalue weighted by Gasteiger charge is 2.30. The summed E-state index contributed by atoms with van der Waals surface area (Å²) in [6.07, 6.45) is 1.99. The fourth-order valence-corrected chi connectivity index (χ4v) is 2.04. The Hall–Kier alpha value is -1.66. The molecule has 7 heteroatoms. The summed E-state index contributed by atoms with van der Waals surface area (Å²) in [6.45, 7) is 0.462. The Kier molecular flexibility index (Phi) is 2.27. The lowest BCUT2D eigenvalue weighted by Gasteiger charge is -2.09. The molecule has 1 unspecified atom stereocenters. The summed E-state index contributed by atoms with van der Waals surface area (Å²) >= 11 is 5.85. The lowest BCUT2D eigenvalue weighted by Crippen LogP contribution is -2.28. The van der Waals surface area contributed by atoms with Gasteiger partial charge in [-0.1, -0.05) is 11.6 Å². The van der Waals surface area contributed by atoms with Gasteiger partial charge in [0, 0.05) is 25.2 Å². The van der Waals surface area contributed by atoms with Crippen molar-refractivity contribution in [1.82, 2.24) is 14.6 Å². The van der Waals surface area contributed by atoms with E-state index in [1.807, 2.05) is 0 Å². The molecular formula is C10H10ClN5O. The number of halogens is 1. The van der Waals surface area contributed by atoms with E-state index in [4.69, 9.17) is 17.3 Å². The molecule has 0 aliphatic carbocycles. The molecule has 6 nitrogen and oxygen atoms in total. The van der Waals surface area contributed by atoms with Gasteiger partial charge in [0.2, 0.25) is 5.91 Å². The molecule has 1 atom stereocenters. The van der Waals surface area contributed by atoms with E-state index in [-0.39, 0.29) is 11.9 Å². The van der Waals surface area contributed by atoms with Crippen molar-refractivity contribution in [3.05, 3.63) is 23.4 Å². The molecular weight excluding hydrogens is 242 g/mol. The molecule has 0 aromatic carbocycles. The van der Waals surface area contributed by atoms with Gasteiger partial charge in [-0.2, -0.15) is 4.98 Å². The van der Waals surface area contributed by atoms with Crippen molar-refractivity contribution in [2.24, 2.45) is 5.73 Å². The number of amides is 1.